The lowest BCUT2D eigenvalue weighted by atomic mass is 9.99. The zero-order valence-corrected chi connectivity index (χ0v) is 22.3. The van der Waals surface area contributed by atoms with Crippen molar-refractivity contribution in [3.63, 3.8) is 0 Å². The SMILES string of the molecule is COc1cc(C)c(OC)c(C/C=C(\C)CC(O)/C=C(\C)CC/C=C(\C)C(O)C[C@@H]2OC2(C)C)c1. The van der Waals surface area contributed by atoms with Gasteiger partial charge in [-0.05, 0) is 90.5 Å². The molecule has 3 atom stereocenters. The third kappa shape index (κ3) is 8.61. The van der Waals surface area contributed by atoms with Crippen LogP contribution in [0.3, 0.4) is 0 Å². The van der Waals surface area contributed by atoms with Gasteiger partial charge in [-0.2, -0.15) is 0 Å². The monoisotopic (exact) mass is 472 g/mol. The highest BCUT2D eigenvalue weighted by Crippen LogP contribution is 2.39. The summed E-state index contributed by atoms with van der Waals surface area (Å²) in [6.07, 6.45) is 9.01. The summed E-state index contributed by atoms with van der Waals surface area (Å²) in [5, 5.41) is 20.9. The van der Waals surface area contributed by atoms with Gasteiger partial charge in [-0.1, -0.05) is 29.4 Å². The lowest BCUT2D eigenvalue weighted by molar-refractivity contribution is 0.184. The van der Waals surface area contributed by atoms with Gasteiger partial charge in [0.25, 0.3) is 0 Å². The molecule has 0 aliphatic carbocycles. The first-order valence-corrected chi connectivity index (χ1v) is 12.2. The van der Waals surface area contributed by atoms with Crippen molar-refractivity contribution in [3.05, 3.63) is 58.2 Å². The van der Waals surface area contributed by atoms with Crippen LogP contribution in [0.2, 0.25) is 0 Å². The van der Waals surface area contributed by atoms with E-state index in [1.165, 1.54) is 0 Å². The predicted molar refractivity (Wildman–Crippen MR) is 139 cm³/mol. The van der Waals surface area contributed by atoms with Crippen LogP contribution in [0.1, 0.15) is 71.4 Å². The molecule has 0 saturated carbocycles. The maximum Gasteiger partial charge on any atom is 0.125 e. The van der Waals surface area contributed by atoms with E-state index in [4.69, 9.17) is 14.2 Å². The maximum atomic E-state index is 10.5. The minimum Gasteiger partial charge on any atom is -0.497 e. The quantitative estimate of drug-likeness (QED) is 0.278. The third-order valence-corrected chi connectivity index (χ3v) is 6.58. The van der Waals surface area contributed by atoms with Gasteiger partial charge in [0.1, 0.15) is 11.5 Å². The van der Waals surface area contributed by atoms with Crippen molar-refractivity contribution in [2.24, 2.45) is 0 Å². The lowest BCUT2D eigenvalue weighted by Gasteiger charge is -2.13. The average molecular weight is 473 g/mol. The van der Waals surface area contributed by atoms with E-state index in [0.717, 1.165) is 58.6 Å². The zero-order chi connectivity index (χ0) is 25.5. The number of allylic oxidation sites excluding steroid dienone is 3. The van der Waals surface area contributed by atoms with Crippen LogP contribution in [0.25, 0.3) is 0 Å². The van der Waals surface area contributed by atoms with Crippen molar-refractivity contribution >= 4 is 0 Å². The Labute approximate surface area is 206 Å². The number of hydrogen-bond acceptors (Lipinski definition) is 5. The summed E-state index contributed by atoms with van der Waals surface area (Å²) < 4.78 is 16.5. The number of aliphatic hydroxyl groups is 2. The molecule has 1 aliphatic rings. The number of hydrogen-bond donors (Lipinski definition) is 2. The molecule has 34 heavy (non-hydrogen) atoms. The molecule has 2 unspecified atom stereocenters. The van der Waals surface area contributed by atoms with Crippen molar-refractivity contribution in [2.45, 2.75) is 97.6 Å². The van der Waals surface area contributed by atoms with E-state index < -0.39 is 12.2 Å². The number of aryl methyl sites for hydroxylation is 1. The number of epoxide rings is 1. The predicted octanol–water partition coefficient (Wildman–Crippen LogP) is 5.85. The van der Waals surface area contributed by atoms with Crippen molar-refractivity contribution < 1.29 is 24.4 Å². The van der Waals surface area contributed by atoms with E-state index in [2.05, 4.69) is 26.0 Å². The Morgan fingerprint density at radius 2 is 1.76 bits per heavy atom. The van der Waals surface area contributed by atoms with Crippen LogP contribution < -0.4 is 9.47 Å². The summed E-state index contributed by atoms with van der Waals surface area (Å²) in [7, 11) is 3.35. The molecule has 190 valence electrons. The van der Waals surface area contributed by atoms with Gasteiger partial charge in [-0.25, -0.2) is 0 Å². The van der Waals surface area contributed by atoms with Gasteiger partial charge in [0, 0.05) is 12.0 Å². The number of methoxy groups -OCH3 is 2. The van der Waals surface area contributed by atoms with Gasteiger partial charge >= 0.3 is 0 Å². The summed E-state index contributed by atoms with van der Waals surface area (Å²) in [6.45, 7) is 12.2. The average Bonchev–Trinajstić information content (AvgIpc) is 3.36. The molecule has 0 aromatic heterocycles. The fourth-order valence-electron chi connectivity index (χ4n) is 4.26. The topological polar surface area (TPSA) is 71.5 Å². The molecule has 1 fully saturated rings. The largest absolute Gasteiger partial charge is 0.497 e. The molecule has 5 nitrogen and oxygen atoms in total. The first-order chi connectivity index (χ1) is 16.0. The number of aliphatic hydroxyl groups excluding tert-OH is 2. The maximum absolute atomic E-state index is 10.5. The number of rotatable bonds is 13. The number of ether oxygens (including phenoxy) is 3. The first-order valence-electron chi connectivity index (χ1n) is 12.2. The molecular weight excluding hydrogens is 428 g/mol. The standard InChI is InChI=1S/C29H44O5/c1-19(10-9-11-21(3)26(31)18-27-29(5,6)34-27)14-24(30)15-20(2)12-13-23-17-25(32-7)16-22(4)28(23)33-8/h11-12,14,16-17,24,26-27,30-31H,9-10,13,15,18H2,1-8H3/b19-14+,20-12+,21-11+/t24?,26?,27-/m0/s1. The summed E-state index contributed by atoms with van der Waals surface area (Å²) >= 11 is 0. The molecule has 5 heteroatoms. The van der Waals surface area contributed by atoms with Crippen molar-refractivity contribution in [3.8, 4) is 11.5 Å². The van der Waals surface area contributed by atoms with Gasteiger partial charge in [-0.3, -0.25) is 0 Å². The molecular formula is C29H44O5. The van der Waals surface area contributed by atoms with Gasteiger partial charge in [0.2, 0.25) is 0 Å². The Kier molecular flexibility index (Phi) is 10.4. The van der Waals surface area contributed by atoms with E-state index in [0.29, 0.717) is 12.8 Å². The van der Waals surface area contributed by atoms with Crippen LogP contribution in [0, 0.1) is 6.92 Å². The number of benzene rings is 1. The van der Waals surface area contributed by atoms with E-state index in [1.807, 2.05) is 45.9 Å². The lowest BCUT2D eigenvalue weighted by Crippen LogP contribution is -2.15. The highest BCUT2D eigenvalue weighted by atomic mass is 16.6. The third-order valence-electron chi connectivity index (χ3n) is 6.58. The Balaban J connectivity index is 1.84. The molecule has 1 aliphatic heterocycles. The molecule has 0 radical (unpaired) electrons. The highest BCUT2D eigenvalue weighted by molar-refractivity contribution is 5.47. The Morgan fingerprint density at radius 1 is 1.09 bits per heavy atom. The fraction of sp³-hybridized carbons (Fsp3) is 0.586. The Hall–Kier alpha value is -2.08. The van der Waals surface area contributed by atoms with Crippen LogP contribution in [0.5, 0.6) is 11.5 Å². The molecule has 2 rings (SSSR count). The summed E-state index contributed by atoms with van der Waals surface area (Å²) in [6, 6.07) is 3.97. The minimum atomic E-state index is -0.518. The van der Waals surface area contributed by atoms with Crippen LogP contribution >= 0.6 is 0 Å². The van der Waals surface area contributed by atoms with Crippen LogP contribution in [0.4, 0.5) is 0 Å². The fourth-order valence-corrected chi connectivity index (χ4v) is 4.26. The second-order valence-corrected chi connectivity index (χ2v) is 10.1. The normalized spacial score (nSPS) is 20.2. The van der Waals surface area contributed by atoms with Crippen LogP contribution in [0.15, 0.2) is 47.1 Å². The smallest absolute Gasteiger partial charge is 0.125 e. The molecule has 1 aromatic carbocycles. The molecule has 1 saturated heterocycles. The van der Waals surface area contributed by atoms with E-state index in [-0.39, 0.29) is 11.7 Å². The second-order valence-electron chi connectivity index (χ2n) is 10.1. The van der Waals surface area contributed by atoms with Gasteiger partial charge in [0.05, 0.1) is 38.1 Å². The highest BCUT2D eigenvalue weighted by Gasteiger charge is 2.48. The minimum absolute atomic E-state index is 0.0950. The zero-order valence-electron chi connectivity index (χ0n) is 22.3. The van der Waals surface area contributed by atoms with Gasteiger partial charge < -0.3 is 24.4 Å². The van der Waals surface area contributed by atoms with Crippen molar-refractivity contribution in [1.29, 1.82) is 0 Å². The van der Waals surface area contributed by atoms with E-state index >= 15 is 0 Å². The molecule has 1 heterocycles. The summed E-state index contributed by atoms with van der Waals surface area (Å²) in [5.74, 6) is 1.70. The summed E-state index contributed by atoms with van der Waals surface area (Å²) in [4.78, 5) is 0. The Morgan fingerprint density at radius 3 is 2.35 bits per heavy atom. The van der Waals surface area contributed by atoms with E-state index in [9.17, 15) is 10.2 Å². The molecule has 1 aromatic rings. The second kappa shape index (κ2) is 12.6. The van der Waals surface area contributed by atoms with Crippen LogP contribution in [-0.2, 0) is 11.2 Å². The van der Waals surface area contributed by atoms with E-state index in [1.54, 1.807) is 14.2 Å². The molecule has 0 amide bonds. The van der Waals surface area contributed by atoms with Gasteiger partial charge in [0.15, 0.2) is 0 Å². The molecule has 0 spiro atoms. The van der Waals surface area contributed by atoms with Gasteiger partial charge in [-0.15, -0.1) is 0 Å². The first kappa shape index (κ1) is 28.2. The molecule has 0 bridgehead atoms. The van der Waals surface area contributed by atoms with Crippen LogP contribution in [-0.4, -0.2) is 48.3 Å². The van der Waals surface area contributed by atoms with Crippen molar-refractivity contribution in [1.82, 2.24) is 0 Å². The van der Waals surface area contributed by atoms with Crippen molar-refractivity contribution in [2.75, 3.05) is 14.2 Å². The summed E-state index contributed by atoms with van der Waals surface area (Å²) in [5.41, 5.74) is 5.28. The molecule has 2 N–H and O–H groups in total. The Bertz CT molecular complexity index is 909.